The van der Waals surface area contributed by atoms with E-state index in [4.69, 9.17) is 9.47 Å². The van der Waals surface area contributed by atoms with Gasteiger partial charge >= 0.3 is 0 Å². The molecule has 2 fully saturated rings. The van der Waals surface area contributed by atoms with Crippen molar-refractivity contribution in [1.29, 1.82) is 0 Å². The zero-order valence-electron chi connectivity index (χ0n) is 16.6. The standard InChI is InChI=1S/C25H21NO4/c1-29-13-12-26-22(27)24-18-10-11-19(30-18)25(24,23(26)28)21-15-7-3-2-6-14(15)20(24)16-8-4-5-9-17(16)21/h2-11,18-21H,12-13H2,1H3/t18-,19+,20?,21?,24+,25-. The Morgan fingerprint density at radius 3 is 1.67 bits per heavy atom. The Morgan fingerprint density at radius 2 is 1.27 bits per heavy atom. The van der Waals surface area contributed by atoms with E-state index in [0.717, 1.165) is 22.3 Å². The number of imide groups is 1. The summed E-state index contributed by atoms with van der Waals surface area (Å²) in [5.74, 6) is -0.585. The van der Waals surface area contributed by atoms with Crippen LogP contribution in [0.1, 0.15) is 34.1 Å². The van der Waals surface area contributed by atoms with Crippen molar-refractivity contribution in [2.75, 3.05) is 20.3 Å². The fourth-order valence-corrected chi connectivity index (χ4v) is 7.40. The smallest absolute Gasteiger partial charge is 0.240 e. The van der Waals surface area contributed by atoms with Crippen LogP contribution in [-0.4, -0.2) is 49.2 Å². The van der Waals surface area contributed by atoms with Crippen molar-refractivity contribution < 1.29 is 19.1 Å². The molecule has 5 heteroatoms. The first kappa shape index (κ1) is 17.0. The van der Waals surface area contributed by atoms with Gasteiger partial charge < -0.3 is 9.47 Å². The Kier molecular flexibility index (Phi) is 2.99. The van der Waals surface area contributed by atoms with E-state index < -0.39 is 10.8 Å². The Morgan fingerprint density at radius 1 is 0.833 bits per heavy atom. The first-order valence-corrected chi connectivity index (χ1v) is 10.6. The number of fused-ring (bicyclic) bond motifs is 2. The molecule has 0 spiro atoms. The van der Waals surface area contributed by atoms with Gasteiger partial charge in [0.05, 0.1) is 25.4 Å². The van der Waals surface area contributed by atoms with Crippen LogP contribution in [0.15, 0.2) is 60.7 Å². The number of methoxy groups -OCH3 is 1. The number of likely N-dealkylation sites (tertiary alicyclic amines) is 1. The first-order valence-electron chi connectivity index (χ1n) is 10.6. The van der Waals surface area contributed by atoms with Crippen LogP contribution < -0.4 is 0 Å². The van der Waals surface area contributed by atoms with Crippen molar-refractivity contribution in [2.24, 2.45) is 10.8 Å². The topological polar surface area (TPSA) is 55.8 Å². The third kappa shape index (κ3) is 1.45. The Hall–Kier alpha value is -2.76. The summed E-state index contributed by atoms with van der Waals surface area (Å²) in [5.41, 5.74) is 2.80. The van der Waals surface area contributed by atoms with Gasteiger partial charge in [-0.25, -0.2) is 0 Å². The second-order valence-electron chi connectivity index (χ2n) is 8.98. The predicted molar refractivity (Wildman–Crippen MR) is 108 cm³/mol. The van der Waals surface area contributed by atoms with Crippen LogP contribution in [0.2, 0.25) is 0 Å². The molecule has 4 atom stereocenters. The molecular formula is C25H21NO4. The molecule has 150 valence electrons. The van der Waals surface area contributed by atoms with E-state index in [1.54, 1.807) is 7.11 Å². The van der Waals surface area contributed by atoms with Crippen molar-refractivity contribution in [3.05, 3.63) is 82.9 Å². The second kappa shape index (κ2) is 5.29. The molecule has 3 aliphatic heterocycles. The summed E-state index contributed by atoms with van der Waals surface area (Å²) in [7, 11) is 1.60. The fourth-order valence-electron chi connectivity index (χ4n) is 7.40. The van der Waals surface area contributed by atoms with Gasteiger partial charge in [-0.2, -0.15) is 0 Å². The second-order valence-corrected chi connectivity index (χ2v) is 8.98. The molecule has 5 nitrogen and oxygen atoms in total. The molecule has 0 saturated carbocycles. The number of carbonyl (C=O) groups is 2. The van der Waals surface area contributed by atoms with Gasteiger partial charge in [-0.15, -0.1) is 0 Å². The molecule has 2 amide bonds. The average Bonchev–Trinajstić information content (AvgIpc) is 3.44. The van der Waals surface area contributed by atoms with Crippen molar-refractivity contribution >= 4 is 11.8 Å². The number of nitrogens with zero attached hydrogens (tertiary/aromatic N) is 1. The van der Waals surface area contributed by atoms with Gasteiger partial charge in [-0.3, -0.25) is 14.5 Å². The minimum absolute atomic E-state index is 0.0968. The lowest BCUT2D eigenvalue weighted by Gasteiger charge is -2.58. The maximum atomic E-state index is 14.2. The Balaban J connectivity index is 1.61. The molecule has 4 bridgehead atoms. The van der Waals surface area contributed by atoms with Gasteiger partial charge in [0.15, 0.2) is 0 Å². The van der Waals surface area contributed by atoms with E-state index in [-0.39, 0.29) is 42.4 Å². The highest BCUT2D eigenvalue weighted by Gasteiger charge is 2.87. The molecule has 0 aromatic heterocycles. The molecule has 6 aliphatic rings. The van der Waals surface area contributed by atoms with Crippen LogP contribution in [0.4, 0.5) is 0 Å². The molecule has 30 heavy (non-hydrogen) atoms. The van der Waals surface area contributed by atoms with Crippen LogP contribution in [0.25, 0.3) is 0 Å². The fraction of sp³-hybridized carbons (Fsp3) is 0.360. The summed E-state index contributed by atoms with van der Waals surface area (Å²) in [6.45, 7) is 0.617. The zero-order chi connectivity index (χ0) is 20.3. The number of amides is 2. The molecule has 0 radical (unpaired) electrons. The number of carbonyl (C=O) groups excluding carboxylic acids is 2. The molecule has 0 N–H and O–H groups in total. The highest BCUT2D eigenvalue weighted by atomic mass is 16.5. The van der Waals surface area contributed by atoms with Crippen LogP contribution in [-0.2, 0) is 19.1 Å². The largest absolute Gasteiger partial charge is 0.383 e. The normalized spacial score (nSPS) is 38.6. The lowest BCUT2D eigenvalue weighted by Crippen LogP contribution is -2.62. The van der Waals surface area contributed by atoms with Gasteiger partial charge in [-0.05, 0) is 22.3 Å². The molecule has 2 aromatic carbocycles. The van der Waals surface area contributed by atoms with Crippen molar-refractivity contribution in [3.63, 3.8) is 0 Å². The minimum atomic E-state index is -0.926. The lowest BCUT2D eigenvalue weighted by molar-refractivity contribution is -0.146. The van der Waals surface area contributed by atoms with Crippen molar-refractivity contribution in [3.8, 4) is 0 Å². The molecule has 0 unspecified atom stereocenters. The molecule has 8 rings (SSSR count). The molecule has 3 aliphatic carbocycles. The van der Waals surface area contributed by atoms with Crippen LogP contribution in [0, 0.1) is 10.8 Å². The van der Waals surface area contributed by atoms with Crippen LogP contribution in [0.5, 0.6) is 0 Å². The molecule has 2 saturated heterocycles. The van der Waals surface area contributed by atoms with E-state index >= 15 is 0 Å². The third-order valence-electron chi connectivity index (χ3n) is 8.20. The summed E-state index contributed by atoms with van der Waals surface area (Å²) in [5, 5.41) is 0. The van der Waals surface area contributed by atoms with Gasteiger partial charge in [0.25, 0.3) is 0 Å². The minimum Gasteiger partial charge on any atom is -0.383 e. The summed E-state index contributed by atoms with van der Waals surface area (Å²) in [6.07, 6.45) is 3.25. The SMILES string of the molecule is COCCN1C(=O)[C@@]23C4c5ccccc5C(c5ccccc54)[C@]2(C1=O)[C@H]1C=C[C@@H]3O1. The van der Waals surface area contributed by atoms with E-state index in [9.17, 15) is 9.59 Å². The van der Waals surface area contributed by atoms with Crippen molar-refractivity contribution in [1.82, 2.24) is 4.90 Å². The zero-order valence-corrected chi connectivity index (χ0v) is 16.6. The highest BCUT2D eigenvalue weighted by Crippen LogP contribution is 2.79. The number of ether oxygens (including phenoxy) is 2. The maximum absolute atomic E-state index is 14.2. The number of rotatable bonds is 3. The number of hydrogen-bond donors (Lipinski definition) is 0. The summed E-state index contributed by atoms with van der Waals surface area (Å²) in [6, 6.07) is 16.7. The average molecular weight is 399 g/mol. The van der Waals surface area contributed by atoms with Gasteiger partial charge in [0, 0.05) is 18.9 Å². The van der Waals surface area contributed by atoms with Gasteiger partial charge in [-0.1, -0.05) is 60.7 Å². The Bertz CT molecular complexity index is 1040. The molecule has 2 aromatic rings. The van der Waals surface area contributed by atoms with E-state index in [0.29, 0.717) is 6.61 Å². The third-order valence-corrected chi connectivity index (χ3v) is 8.20. The van der Waals surface area contributed by atoms with Crippen LogP contribution >= 0.6 is 0 Å². The van der Waals surface area contributed by atoms with Gasteiger partial charge in [0.1, 0.15) is 10.8 Å². The van der Waals surface area contributed by atoms with Crippen LogP contribution in [0.3, 0.4) is 0 Å². The maximum Gasteiger partial charge on any atom is 0.240 e. The number of hydrogen-bond acceptors (Lipinski definition) is 4. The summed E-state index contributed by atoms with van der Waals surface area (Å²) < 4.78 is 11.6. The summed E-state index contributed by atoms with van der Waals surface area (Å²) >= 11 is 0. The highest BCUT2D eigenvalue weighted by molar-refractivity contribution is 6.14. The summed E-state index contributed by atoms with van der Waals surface area (Å²) in [4.78, 5) is 29.8. The Labute approximate surface area is 174 Å². The number of benzene rings is 2. The van der Waals surface area contributed by atoms with Gasteiger partial charge in [0.2, 0.25) is 11.8 Å². The molecule has 3 heterocycles. The first-order chi connectivity index (χ1) is 14.7. The van der Waals surface area contributed by atoms with E-state index in [1.807, 2.05) is 36.4 Å². The quantitative estimate of drug-likeness (QED) is 0.588. The lowest BCUT2D eigenvalue weighted by atomic mass is 9.38. The van der Waals surface area contributed by atoms with E-state index in [2.05, 4.69) is 24.3 Å². The monoisotopic (exact) mass is 399 g/mol. The molecular weight excluding hydrogens is 378 g/mol. The van der Waals surface area contributed by atoms with E-state index in [1.165, 1.54) is 4.90 Å². The predicted octanol–water partition coefficient (Wildman–Crippen LogP) is 2.60. The van der Waals surface area contributed by atoms with Crippen molar-refractivity contribution in [2.45, 2.75) is 24.0 Å².